The summed E-state index contributed by atoms with van der Waals surface area (Å²) in [5.41, 5.74) is 2.60. The van der Waals surface area contributed by atoms with Gasteiger partial charge in [0.05, 0.1) is 0 Å². The quantitative estimate of drug-likeness (QED) is 0.380. The summed E-state index contributed by atoms with van der Waals surface area (Å²) in [5, 5.41) is 2.07. The third kappa shape index (κ3) is 4.81. The van der Waals surface area contributed by atoms with Crippen LogP contribution in [0.25, 0.3) is 17.2 Å². The smallest absolute Gasteiger partial charge is 0.247 e. The minimum Gasteiger partial charge on any atom is -0.437 e. The van der Waals surface area contributed by atoms with Crippen molar-refractivity contribution in [1.82, 2.24) is 9.88 Å². The van der Waals surface area contributed by atoms with Crippen LogP contribution in [0, 0.1) is 0 Å². The largest absolute Gasteiger partial charge is 0.437 e. The number of thiophene rings is 1. The zero-order valence-electron chi connectivity index (χ0n) is 16.2. The van der Waals surface area contributed by atoms with Gasteiger partial charge in [0.1, 0.15) is 5.52 Å². The van der Waals surface area contributed by atoms with Crippen molar-refractivity contribution < 1.29 is 9.21 Å². The maximum atomic E-state index is 13.1. The molecule has 0 bridgehead atoms. The Balaban J connectivity index is 1.54. The molecule has 0 saturated carbocycles. The number of oxazole rings is 1. The molecular weight excluding hydrogens is 380 g/mol. The highest BCUT2D eigenvalue weighted by atomic mass is 32.1. The Hall–Kier alpha value is -3.18. The van der Waals surface area contributed by atoms with Crippen LogP contribution in [-0.4, -0.2) is 21.8 Å². The number of rotatable bonds is 7. The van der Waals surface area contributed by atoms with Crippen molar-refractivity contribution in [3.8, 4) is 0 Å². The van der Waals surface area contributed by atoms with Gasteiger partial charge in [0.2, 0.25) is 11.8 Å². The number of carbonyl (C=O) groups excluding carboxylic acids is 1. The van der Waals surface area contributed by atoms with E-state index >= 15 is 0 Å². The van der Waals surface area contributed by atoms with E-state index in [9.17, 15) is 4.79 Å². The molecule has 0 aliphatic heterocycles. The molecule has 146 valence electrons. The van der Waals surface area contributed by atoms with E-state index in [0.717, 1.165) is 17.5 Å². The standard InChI is InChI=1S/C24H22N2O2S/c1-18(16-20-10-7-15-29-20)26(17-19-8-3-2-4-9-19)24(27)14-13-23-25-21-11-5-6-12-22(21)28-23/h2-15,18H,16-17H2,1H3. The maximum absolute atomic E-state index is 13.1. The second kappa shape index (κ2) is 8.88. The summed E-state index contributed by atoms with van der Waals surface area (Å²) in [5.74, 6) is 0.380. The first-order valence-electron chi connectivity index (χ1n) is 9.59. The fraction of sp³-hybridized carbons (Fsp3) is 0.167. The number of fused-ring (bicyclic) bond motifs is 1. The Bertz CT molecular complexity index is 1070. The fourth-order valence-electron chi connectivity index (χ4n) is 3.26. The van der Waals surface area contributed by atoms with Gasteiger partial charge < -0.3 is 9.32 Å². The van der Waals surface area contributed by atoms with Crippen LogP contribution in [0.5, 0.6) is 0 Å². The van der Waals surface area contributed by atoms with Gasteiger partial charge in [0.25, 0.3) is 0 Å². The van der Waals surface area contributed by atoms with Crippen molar-refractivity contribution in [3.63, 3.8) is 0 Å². The molecule has 0 radical (unpaired) electrons. The first kappa shape index (κ1) is 19.2. The first-order chi connectivity index (χ1) is 14.2. The van der Waals surface area contributed by atoms with Crippen LogP contribution in [0.15, 0.2) is 82.6 Å². The van der Waals surface area contributed by atoms with Crippen LogP contribution in [0.2, 0.25) is 0 Å². The zero-order chi connectivity index (χ0) is 20.1. The van der Waals surface area contributed by atoms with E-state index in [4.69, 9.17) is 4.42 Å². The lowest BCUT2D eigenvalue weighted by molar-refractivity contribution is -0.128. The third-order valence-corrected chi connectivity index (χ3v) is 5.67. The number of hydrogen-bond donors (Lipinski definition) is 0. The summed E-state index contributed by atoms with van der Waals surface area (Å²) in [6.07, 6.45) is 4.03. The Morgan fingerprint density at radius 2 is 1.90 bits per heavy atom. The van der Waals surface area contributed by atoms with Gasteiger partial charge in [-0.15, -0.1) is 11.3 Å². The van der Waals surface area contributed by atoms with Gasteiger partial charge in [0, 0.05) is 36.0 Å². The number of amides is 1. The second-order valence-electron chi connectivity index (χ2n) is 6.94. The van der Waals surface area contributed by atoms with Crippen molar-refractivity contribution in [2.24, 2.45) is 0 Å². The zero-order valence-corrected chi connectivity index (χ0v) is 17.0. The molecule has 4 aromatic rings. The van der Waals surface area contributed by atoms with E-state index in [-0.39, 0.29) is 11.9 Å². The van der Waals surface area contributed by atoms with Gasteiger partial charge in [-0.25, -0.2) is 4.98 Å². The summed E-state index contributed by atoms with van der Waals surface area (Å²) >= 11 is 1.72. The summed E-state index contributed by atoms with van der Waals surface area (Å²) in [6, 6.07) is 21.9. The highest BCUT2D eigenvalue weighted by molar-refractivity contribution is 7.09. The van der Waals surface area contributed by atoms with Crippen LogP contribution in [-0.2, 0) is 17.8 Å². The topological polar surface area (TPSA) is 46.3 Å². The summed E-state index contributed by atoms with van der Waals surface area (Å²) in [6.45, 7) is 2.65. The van der Waals surface area contributed by atoms with Gasteiger partial charge in [0.15, 0.2) is 5.58 Å². The molecule has 1 atom stereocenters. The lowest BCUT2D eigenvalue weighted by Gasteiger charge is -2.28. The van der Waals surface area contributed by atoms with E-state index in [1.165, 1.54) is 4.88 Å². The molecule has 4 nitrogen and oxygen atoms in total. The molecule has 2 aromatic heterocycles. The van der Waals surface area contributed by atoms with Crippen LogP contribution in [0.4, 0.5) is 0 Å². The average Bonchev–Trinajstić information content (AvgIpc) is 3.40. The third-order valence-electron chi connectivity index (χ3n) is 4.77. The highest BCUT2D eigenvalue weighted by Gasteiger charge is 2.19. The Morgan fingerprint density at radius 3 is 2.66 bits per heavy atom. The van der Waals surface area contributed by atoms with Gasteiger partial charge >= 0.3 is 0 Å². The van der Waals surface area contributed by atoms with Crippen molar-refractivity contribution >= 4 is 34.4 Å². The average molecular weight is 403 g/mol. The summed E-state index contributed by atoms with van der Waals surface area (Å²) in [7, 11) is 0. The van der Waals surface area contributed by atoms with E-state index in [0.29, 0.717) is 18.0 Å². The molecule has 4 rings (SSSR count). The molecule has 0 spiro atoms. The molecule has 29 heavy (non-hydrogen) atoms. The molecule has 5 heteroatoms. The van der Waals surface area contributed by atoms with Gasteiger partial charge in [-0.3, -0.25) is 4.79 Å². The van der Waals surface area contributed by atoms with Crippen molar-refractivity contribution in [2.75, 3.05) is 0 Å². The van der Waals surface area contributed by atoms with E-state index in [2.05, 4.69) is 23.4 Å². The molecule has 0 aliphatic carbocycles. The minimum absolute atomic E-state index is 0.0554. The van der Waals surface area contributed by atoms with Crippen LogP contribution in [0.3, 0.4) is 0 Å². The predicted molar refractivity (Wildman–Crippen MR) is 118 cm³/mol. The Kier molecular flexibility index (Phi) is 5.86. The monoisotopic (exact) mass is 402 g/mol. The lowest BCUT2D eigenvalue weighted by Crippen LogP contribution is -2.38. The minimum atomic E-state index is -0.0554. The highest BCUT2D eigenvalue weighted by Crippen LogP contribution is 2.19. The van der Waals surface area contributed by atoms with Crippen molar-refractivity contribution in [1.29, 1.82) is 0 Å². The lowest BCUT2D eigenvalue weighted by atomic mass is 10.1. The number of para-hydroxylation sites is 2. The summed E-state index contributed by atoms with van der Waals surface area (Å²) in [4.78, 5) is 20.7. The van der Waals surface area contributed by atoms with Crippen LogP contribution < -0.4 is 0 Å². The Labute approximate surface area is 174 Å². The number of aromatic nitrogens is 1. The fourth-order valence-corrected chi connectivity index (χ4v) is 4.09. The second-order valence-corrected chi connectivity index (χ2v) is 7.97. The number of nitrogens with zero attached hydrogens (tertiary/aromatic N) is 2. The number of benzene rings is 2. The van der Waals surface area contributed by atoms with Gasteiger partial charge in [-0.2, -0.15) is 0 Å². The van der Waals surface area contributed by atoms with Crippen LogP contribution >= 0.6 is 11.3 Å². The van der Waals surface area contributed by atoms with E-state index in [1.54, 1.807) is 23.5 Å². The van der Waals surface area contributed by atoms with Crippen molar-refractivity contribution in [2.45, 2.75) is 25.9 Å². The SMILES string of the molecule is CC(Cc1cccs1)N(Cc1ccccc1)C(=O)C=Cc1nc2ccccc2o1. The molecule has 0 N–H and O–H groups in total. The van der Waals surface area contributed by atoms with Gasteiger partial charge in [-0.1, -0.05) is 48.5 Å². The molecule has 1 unspecified atom stereocenters. The molecule has 0 saturated heterocycles. The van der Waals surface area contributed by atoms with Crippen LogP contribution in [0.1, 0.15) is 23.3 Å². The molecule has 1 amide bonds. The van der Waals surface area contributed by atoms with E-state index in [1.807, 2.05) is 65.6 Å². The molecule has 2 heterocycles. The molecule has 0 fully saturated rings. The predicted octanol–water partition coefficient (Wildman–Crippen LogP) is 5.56. The summed E-state index contributed by atoms with van der Waals surface area (Å²) < 4.78 is 5.70. The first-order valence-corrected chi connectivity index (χ1v) is 10.5. The molecule has 2 aromatic carbocycles. The van der Waals surface area contributed by atoms with Gasteiger partial charge in [-0.05, 0) is 36.1 Å². The van der Waals surface area contributed by atoms with E-state index < -0.39 is 0 Å². The normalized spacial score (nSPS) is 12.4. The maximum Gasteiger partial charge on any atom is 0.247 e. The molecular formula is C24H22N2O2S. The number of carbonyl (C=O) groups is 1. The molecule has 0 aliphatic rings. The Morgan fingerprint density at radius 1 is 1.10 bits per heavy atom. The number of hydrogen-bond acceptors (Lipinski definition) is 4. The van der Waals surface area contributed by atoms with Crippen molar-refractivity contribution in [3.05, 3.63) is 94.5 Å².